The maximum atomic E-state index is 12.0. The van der Waals surface area contributed by atoms with E-state index in [1.54, 1.807) is 0 Å². The van der Waals surface area contributed by atoms with Crippen molar-refractivity contribution in [1.82, 2.24) is 0 Å². The maximum Gasteiger partial charge on any atom is 0.241 e. The van der Waals surface area contributed by atoms with Gasteiger partial charge in [0.1, 0.15) is 0 Å². The molecule has 1 amide bonds. The Bertz CT molecular complexity index is 472. The highest BCUT2D eigenvalue weighted by atomic mass is 35.5. The summed E-state index contributed by atoms with van der Waals surface area (Å²) in [4.78, 5) is 12.0. The van der Waals surface area contributed by atoms with Crippen LogP contribution in [0.4, 0.5) is 5.69 Å². The molecule has 0 aromatic heterocycles. The van der Waals surface area contributed by atoms with E-state index >= 15 is 0 Å². The highest BCUT2D eigenvalue weighted by Crippen LogP contribution is 2.22. The first kappa shape index (κ1) is 19.9. The van der Waals surface area contributed by atoms with E-state index in [4.69, 9.17) is 10.5 Å². The number of benzene rings is 1. The van der Waals surface area contributed by atoms with Crippen molar-refractivity contribution in [2.24, 2.45) is 11.7 Å². The van der Waals surface area contributed by atoms with Crippen LogP contribution in [-0.4, -0.2) is 18.1 Å². The largest absolute Gasteiger partial charge is 0.374 e. The van der Waals surface area contributed by atoms with E-state index in [9.17, 15) is 4.79 Å². The van der Waals surface area contributed by atoms with Gasteiger partial charge in [0, 0.05) is 5.69 Å². The summed E-state index contributed by atoms with van der Waals surface area (Å²) < 4.78 is 5.89. The fourth-order valence-corrected chi connectivity index (χ4v) is 2.69. The Balaban J connectivity index is 0.00000264. The molecule has 2 unspecified atom stereocenters. The molecule has 2 rings (SSSR count). The lowest BCUT2D eigenvalue weighted by Gasteiger charge is -2.18. The van der Waals surface area contributed by atoms with Crippen molar-refractivity contribution >= 4 is 24.0 Å². The molecule has 0 spiro atoms. The van der Waals surface area contributed by atoms with Crippen molar-refractivity contribution in [2.75, 3.05) is 5.32 Å². The normalized spacial score (nSPS) is 17.3. The SMILES string of the molecule is CCC(C)C(N)C(=O)Nc1ccc(COC2CCCC2)cc1.Cl. The zero-order valence-electron chi connectivity index (χ0n) is 14.1. The molecule has 1 aliphatic rings. The summed E-state index contributed by atoms with van der Waals surface area (Å²) in [6.45, 7) is 4.68. The number of anilines is 1. The molecule has 0 bridgehead atoms. The molecule has 0 radical (unpaired) electrons. The molecule has 0 heterocycles. The number of nitrogens with one attached hydrogen (secondary N) is 1. The third-order valence-electron chi connectivity index (χ3n) is 4.57. The number of carbonyl (C=O) groups is 1. The first-order valence-electron chi connectivity index (χ1n) is 8.37. The van der Waals surface area contributed by atoms with Crippen molar-refractivity contribution in [2.45, 2.75) is 64.7 Å². The molecule has 1 saturated carbocycles. The van der Waals surface area contributed by atoms with Gasteiger partial charge in [0.05, 0.1) is 18.8 Å². The van der Waals surface area contributed by atoms with Crippen LogP contribution in [0.1, 0.15) is 51.5 Å². The minimum atomic E-state index is -0.463. The predicted octanol–water partition coefficient (Wildman–Crippen LogP) is 3.88. The quantitative estimate of drug-likeness (QED) is 0.791. The van der Waals surface area contributed by atoms with Gasteiger partial charge in [-0.15, -0.1) is 12.4 Å². The summed E-state index contributed by atoms with van der Waals surface area (Å²) in [6.07, 6.45) is 6.25. The van der Waals surface area contributed by atoms with E-state index in [0.717, 1.165) is 17.7 Å². The maximum absolute atomic E-state index is 12.0. The lowest BCUT2D eigenvalue weighted by molar-refractivity contribution is -0.118. The molecule has 1 aromatic carbocycles. The average Bonchev–Trinajstić information content (AvgIpc) is 3.06. The van der Waals surface area contributed by atoms with E-state index in [2.05, 4.69) is 5.32 Å². The summed E-state index contributed by atoms with van der Waals surface area (Å²) in [5.41, 5.74) is 7.86. The van der Waals surface area contributed by atoms with Gasteiger partial charge in [-0.05, 0) is 36.5 Å². The van der Waals surface area contributed by atoms with Crippen LogP contribution in [0.25, 0.3) is 0 Å². The average molecular weight is 341 g/mol. The number of halogens is 1. The van der Waals surface area contributed by atoms with Crippen LogP contribution in [-0.2, 0) is 16.1 Å². The van der Waals surface area contributed by atoms with Gasteiger partial charge in [0.15, 0.2) is 0 Å². The van der Waals surface area contributed by atoms with Crippen LogP contribution in [0.15, 0.2) is 24.3 Å². The number of amides is 1. The molecule has 5 heteroatoms. The third-order valence-corrected chi connectivity index (χ3v) is 4.57. The van der Waals surface area contributed by atoms with Gasteiger partial charge in [-0.2, -0.15) is 0 Å². The van der Waals surface area contributed by atoms with E-state index in [-0.39, 0.29) is 24.2 Å². The lowest BCUT2D eigenvalue weighted by Crippen LogP contribution is -2.40. The topological polar surface area (TPSA) is 64.4 Å². The van der Waals surface area contributed by atoms with Gasteiger partial charge in [0.2, 0.25) is 5.91 Å². The molecule has 0 saturated heterocycles. The molecule has 1 fully saturated rings. The summed E-state index contributed by atoms with van der Waals surface area (Å²) in [5.74, 6) is 0.0587. The second kappa shape index (κ2) is 9.91. The second-order valence-electron chi connectivity index (χ2n) is 6.31. The molecule has 3 N–H and O–H groups in total. The van der Waals surface area contributed by atoms with Crippen LogP contribution in [0.5, 0.6) is 0 Å². The van der Waals surface area contributed by atoms with E-state index < -0.39 is 6.04 Å². The van der Waals surface area contributed by atoms with Gasteiger partial charge >= 0.3 is 0 Å². The molecular formula is C18H29ClN2O2. The Morgan fingerprint density at radius 3 is 2.48 bits per heavy atom. The minimum Gasteiger partial charge on any atom is -0.374 e. The Labute approximate surface area is 145 Å². The van der Waals surface area contributed by atoms with Crippen molar-refractivity contribution in [3.05, 3.63) is 29.8 Å². The molecule has 0 aliphatic heterocycles. The van der Waals surface area contributed by atoms with Crippen molar-refractivity contribution in [1.29, 1.82) is 0 Å². The highest BCUT2D eigenvalue weighted by molar-refractivity contribution is 5.94. The minimum absolute atomic E-state index is 0. The third kappa shape index (κ3) is 6.13. The molecular weight excluding hydrogens is 312 g/mol. The van der Waals surface area contributed by atoms with Crippen LogP contribution in [0.2, 0.25) is 0 Å². The predicted molar refractivity (Wildman–Crippen MR) is 96.8 cm³/mol. The van der Waals surface area contributed by atoms with Crippen molar-refractivity contribution in [3.63, 3.8) is 0 Å². The number of hydrogen-bond acceptors (Lipinski definition) is 3. The molecule has 2 atom stereocenters. The molecule has 23 heavy (non-hydrogen) atoms. The monoisotopic (exact) mass is 340 g/mol. The molecule has 130 valence electrons. The highest BCUT2D eigenvalue weighted by Gasteiger charge is 2.19. The molecule has 1 aromatic rings. The first-order valence-corrected chi connectivity index (χ1v) is 8.37. The number of rotatable bonds is 7. The van der Waals surface area contributed by atoms with Crippen LogP contribution >= 0.6 is 12.4 Å². The summed E-state index contributed by atoms with van der Waals surface area (Å²) >= 11 is 0. The number of carbonyl (C=O) groups excluding carboxylic acids is 1. The summed E-state index contributed by atoms with van der Waals surface area (Å²) in [7, 11) is 0. The zero-order valence-corrected chi connectivity index (χ0v) is 14.9. The van der Waals surface area contributed by atoms with Crippen LogP contribution < -0.4 is 11.1 Å². The Morgan fingerprint density at radius 1 is 1.30 bits per heavy atom. The zero-order chi connectivity index (χ0) is 15.9. The second-order valence-corrected chi connectivity index (χ2v) is 6.31. The fraction of sp³-hybridized carbons (Fsp3) is 0.611. The van der Waals surface area contributed by atoms with Gasteiger partial charge in [0.25, 0.3) is 0 Å². The Kier molecular flexibility index (Phi) is 8.59. The molecule has 4 nitrogen and oxygen atoms in total. The van der Waals surface area contributed by atoms with Gasteiger partial charge in [-0.1, -0.05) is 45.2 Å². The van der Waals surface area contributed by atoms with Crippen molar-refractivity contribution < 1.29 is 9.53 Å². The Hall–Kier alpha value is -1.10. The van der Waals surface area contributed by atoms with Gasteiger partial charge < -0.3 is 15.8 Å². The smallest absolute Gasteiger partial charge is 0.241 e. The summed E-state index contributed by atoms with van der Waals surface area (Å²) in [5, 5.41) is 2.88. The van der Waals surface area contributed by atoms with E-state index in [1.807, 2.05) is 38.1 Å². The van der Waals surface area contributed by atoms with E-state index in [1.165, 1.54) is 25.7 Å². The van der Waals surface area contributed by atoms with Crippen LogP contribution in [0, 0.1) is 5.92 Å². The van der Waals surface area contributed by atoms with Crippen molar-refractivity contribution in [3.8, 4) is 0 Å². The fourth-order valence-electron chi connectivity index (χ4n) is 2.69. The molecule has 1 aliphatic carbocycles. The first-order chi connectivity index (χ1) is 10.6. The van der Waals surface area contributed by atoms with Crippen LogP contribution in [0.3, 0.4) is 0 Å². The number of ether oxygens (including phenoxy) is 1. The van der Waals surface area contributed by atoms with Gasteiger partial charge in [-0.25, -0.2) is 0 Å². The van der Waals surface area contributed by atoms with E-state index in [0.29, 0.717) is 12.7 Å². The number of nitrogens with two attached hydrogens (primary N) is 1. The summed E-state index contributed by atoms with van der Waals surface area (Å²) in [6, 6.07) is 7.36. The Morgan fingerprint density at radius 2 is 1.91 bits per heavy atom. The van der Waals surface area contributed by atoms with Gasteiger partial charge in [-0.3, -0.25) is 4.79 Å². The lowest BCUT2D eigenvalue weighted by atomic mass is 9.99. The number of hydrogen-bond donors (Lipinski definition) is 2. The standard InChI is InChI=1S/C18H28N2O2.ClH/c1-3-13(2)17(19)18(21)20-15-10-8-14(9-11-15)12-22-16-6-4-5-7-16;/h8-11,13,16-17H,3-7,12,19H2,1-2H3,(H,20,21);1H.